The van der Waals surface area contributed by atoms with Gasteiger partial charge in [-0.15, -0.1) is 11.3 Å². The molecule has 2 aromatic rings. The Morgan fingerprint density at radius 3 is 2.68 bits per heavy atom. The Morgan fingerprint density at radius 2 is 1.89 bits per heavy atom. The normalized spacial score (nSPS) is 31.1. The van der Waals surface area contributed by atoms with E-state index in [0.29, 0.717) is 0 Å². The van der Waals surface area contributed by atoms with E-state index in [-0.39, 0.29) is 0 Å². The van der Waals surface area contributed by atoms with Crippen molar-refractivity contribution in [1.82, 2.24) is 4.90 Å². The number of thiophene rings is 1. The van der Waals surface area contributed by atoms with E-state index in [0.717, 1.165) is 23.5 Å². The molecule has 3 heterocycles. The summed E-state index contributed by atoms with van der Waals surface area (Å²) in [6.07, 6.45) is 5.46. The Hall–Kier alpha value is -0.380. The highest BCUT2D eigenvalue weighted by Crippen LogP contribution is 2.40. The second-order valence-corrected chi connectivity index (χ2v) is 8.09. The Kier molecular flexibility index (Phi) is 3.17. The quantitative estimate of drug-likeness (QED) is 0.713. The third kappa shape index (κ3) is 2.16. The molecular formula is C16H18BrNS. The van der Waals surface area contributed by atoms with Gasteiger partial charge in [0.15, 0.2) is 0 Å². The van der Waals surface area contributed by atoms with Gasteiger partial charge in [0.2, 0.25) is 0 Å². The zero-order valence-corrected chi connectivity index (χ0v) is 13.3. The smallest absolute Gasteiger partial charge is 0.0346 e. The van der Waals surface area contributed by atoms with E-state index in [1.807, 2.05) is 11.3 Å². The predicted octanol–water partition coefficient (Wildman–Crippen LogP) is 4.79. The lowest BCUT2D eigenvalue weighted by Crippen LogP contribution is -2.42. The van der Waals surface area contributed by atoms with E-state index >= 15 is 0 Å². The van der Waals surface area contributed by atoms with Crippen LogP contribution in [0.5, 0.6) is 0 Å². The SMILES string of the molecule is BrC1CC2CCC(C1)N2Cc1csc2ccccc12. The van der Waals surface area contributed by atoms with E-state index in [2.05, 4.69) is 50.5 Å². The van der Waals surface area contributed by atoms with Gasteiger partial charge in [0, 0.05) is 28.2 Å². The molecule has 0 spiro atoms. The van der Waals surface area contributed by atoms with Crippen molar-refractivity contribution >= 4 is 37.4 Å². The predicted molar refractivity (Wildman–Crippen MR) is 86.1 cm³/mol. The molecule has 2 aliphatic rings. The number of hydrogen-bond acceptors (Lipinski definition) is 2. The summed E-state index contributed by atoms with van der Waals surface area (Å²) in [5, 5.41) is 3.83. The molecule has 1 aromatic heterocycles. The molecular weight excluding hydrogens is 318 g/mol. The van der Waals surface area contributed by atoms with Gasteiger partial charge in [0.25, 0.3) is 0 Å². The van der Waals surface area contributed by atoms with Crippen molar-refractivity contribution in [3.63, 3.8) is 0 Å². The number of nitrogens with zero attached hydrogens (tertiary/aromatic N) is 1. The number of benzene rings is 1. The van der Waals surface area contributed by atoms with Crippen LogP contribution in [0.4, 0.5) is 0 Å². The first-order valence-corrected chi connectivity index (χ1v) is 8.96. The zero-order chi connectivity index (χ0) is 12.8. The first kappa shape index (κ1) is 12.4. The Morgan fingerprint density at radius 1 is 1.16 bits per heavy atom. The fourth-order valence-corrected chi connectivity index (χ4v) is 5.63. The number of hydrogen-bond donors (Lipinski definition) is 0. The number of fused-ring (bicyclic) bond motifs is 3. The molecule has 19 heavy (non-hydrogen) atoms. The summed E-state index contributed by atoms with van der Waals surface area (Å²) in [5.41, 5.74) is 1.53. The molecule has 1 nitrogen and oxygen atoms in total. The molecule has 1 aromatic carbocycles. The molecule has 2 saturated heterocycles. The molecule has 2 unspecified atom stereocenters. The average molecular weight is 336 g/mol. The van der Waals surface area contributed by atoms with Crippen molar-refractivity contribution in [2.24, 2.45) is 0 Å². The van der Waals surface area contributed by atoms with Crippen LogP contribution in [0.1, 0.15) is 31.2 Å². The molecule has 2 atom stereocenters. The van der Waals surface area contributed by atoms with Gasteiger partial charge in [-0.25, -0.2) is 0 Å². The Labute approximate surface area is 126 Å². The summed E-state index contributed by atoms with van der Waals surface area (Å²) >= 11 is 5.72. The second-order valence-electron chi connectivity index (χ2n) is 5.88. The van der Waals surface area contributed by atoms with Crippen LogP contribution in [-0.2, 0) is 6.54 Å². The summed E-state index contributed by atoms with van der Waals surface area (Å²) in [4.78, 5) is 3.52. The van der Waals surface area contributed by atoms with E-state index < -0.39 is 0 Å². The Balaban J connectivity index is 1.62. The van der Waals surface area contributed by atoms with Crippen molar-refractivity contribution in [3.8, 4) is 0 Å². The summed E-state index contributed by atoms with van der Waals surface area (Å²) in [5.74, 6) is 0. The van der Waals surface area contributed by atoms with Crippen LogP contribution in [-0.4, -0.2) is 21.8 Å². The van der Waals surface area contributed by atoms with Crippen molar-refractivity contribution < 1.29 is 0 Å². The van der Waals surface area contributed by atoms with Crippen LogP contribution in [0.2, 0.25) is 0 Å². The lowest BCUT2D eigenvalue weighted by Gasteiger charge is -2.37. The molecule has 0 N–H and O–H groups in total. The highest BCUT2D eigenvalue weighted by molar-refractivity contribution is 9.09. The monoisotopic (exact) mass is 335 g/mol. The topological polar surface area (TPSA) is 3.24 Å². The average Bonchev–Trinajstić information content (AvgIpc) is 2.92. The lowest BCUT2D eigenvalue weighted by atomic mass is 10.0. The van der Waals surface area contributed by atoms with Crippen molar-refractivity contribution in [1.29, 1.82) is 0 Å². The highest BCUT2D eigenvalue weighted by atomic mass is 79.9. The van der Waals surface area contributed by atoms with Gasteiger partial charge in [-0.05, 0) is 48.1 Å². The fourth-order valence-electron chi connectivity index (χ4n) is 3.82. The minimum Gasteiger partial charge on any atom is -0.293 e. The molecule has 3 heteroatoms. The maximum Gasteiger partial charge on any atom is 0.0346 e. The third-order valence-corrected chi connectivity index (χ3v) is 6.50. The maximum atomic E-state index is 3.83. The highest BCUT2D eigenvalue weighted by Gasteiger charge is 2.39. The van der Waals surface area contributed by atoms with Crippen LogP contribution in [0.3, 0.4) is 0 Å². The van der Waals surface area contributed by atoms with Crippen LogP contribution in [0, 0.1) is 0 Å². The molecule has 0 aliphatic carbocycles. The molecule has 0 radical (unpaired) electrons. The first-order valence-electron chi connectivity index (χ1n) is 7.16. The van der Waals surface area contributed by atoms with E-state index in [1.54, 1.807) is 0 Å². The van der Waals surface area contributed by atoms with Gasteiger partial charge in [0.1, 0.15) is 0 Å². The van der Waals surface area contributed by atoms with Gasteiger partial charge in [-0.3, -0.25) is 4.90 Å². The molecule has 2 bridgehead atoms. The first-order chi connectivity index (χ1) is 9.31. The number of halogens is 1. The lowest BCUT2D eigenvalue weighted by molar-refractivity contribution is 0.137. The van der Waals surface area contributed by atoms with Gasteiger partial charge in [-0.2, -0.15) is 0 Å². The third-order valence-electron chi connectivity index (χ3n) is 4.74. The standard InChI is InChI=1S/C16H18BrNS/c17-12-7-13-5-6-14(8-12)18(13)9-11-10-19-16-4-2-1-3-15(11)16/h1-4,10,12-14H,5-9H2. The molecule has 2 fully saturated rings. The number of piperidine rings is 1. The molecule has 4 rings (SSSR count). The maximum absolute atomic E-state index is 3.83. The van der Waals surface area contributed by atoms with Crippen LogP contribution < -0.4 is 0 Å². The van der Waals surface area contributed by atoms with Gasteiger partial charge >= 0.3 is 0 Å². The second kappa shape index (κ2) is 4.87. The van der Waals surface area contributed by atoms with E-state index in [1.165, 1.54) is 41.3 Å². The largest absolute Gasteiger partial charge is 0.293 e. The Bertz CT molecular complexity index is 579. The molecule has 100 valence electrons. The van der Waals surface area contributed by atoms with Gasteiger partial charge in [-0.1, -0.05) is 34.1 Å². The molecule has 2 aliphatic heterocycles. The minimum absolute atomic E-state index is 0.750. The van der Waals surface area contributed by atoms with Crippen molar-refractivity contribution in [2.45, 2.75) is 49.1 Å². The minimum atomic E-state index is 0.750. The van der Waals surface area contributed by atoms with Crippen LogP contribution in [0.25, 0.3) is 10.1 Å². The van der Waals surface area contributed by atoms with Gasteiger partial charge in [0.05, 0.1) is 0 Å². The van der Waals surface area contributed by atoms with E-state index in [9.17, 15) is 0 Å². The molecule has 0 amide bonds. The number of rotatable bonds is 2. The fraction of sp³-hybridized carbons (Fsp3) is 0.500. The van der Waals surface area contributed by atoms with Crippen molar-refractivity contribution in [3.05, 3.63) is 35.2 Å². The number of alkyl halides is 1. The summed E-state index contributed by atoms with van der Waals surface area (Å²) in [6.45, 7) is 1.15. The van der Waals surface area contributed by atoms with Gasteiger partial charge < -0.3 is 0 Å². The van der Waals surface area contributed by atoms with Crippen molar-refractivity contribution in [2.75, 3.05) is 0 Å². The molecule has 0 saturated carbocycles. The zero-order valence-electron chi connectivity index (χ0n) is 10.9. The van der Waals surface area contributed by atoms with Crippen LogP contribution >= 0.6 is 27.3 Å². The summed E-state index contributed by atoms with van der Waals surface area (Å²) < 4.78 is 1.43. The van der Waals surface area contributed by atoms with Crippen LogP contribution in [0.15, 0.2) is 29.6 Å². The van der Waals surface area contributed by atoms with E-state index in [4.69, 9.17) is 0 Å². The summed E-state index contributed by atoms with van der Waals surface area (Å²) in [6, 6.07) is 10.4. The summed E-state index contributed by atoms with van der Waals surface area (Å²) in [7, 11) is 0.